The summed E-state index contributed by atoms with van der Waals surface area (Å²) >= 11 is 0. The topological polar surface area (TPSA) is 116 Å². The molecule has 8 nitrogen and oxygen atoms in total. The molecule has 0 heterocycles. The number of carboxylic acid groups (broad SMARTS) is 1. The van der Waals surface area contributed by atoms with Crippen molar-refractivity contribution < 1.29 is 38.5 Å². The predicted molar refractivity (Wildman–Crippen MR) is 108 cm³/mol. The highest BCUT2D eigenvalue weighted by molar-refractivity contribution is 5.89. The van der Waals surface area contributed by atoms with E-state index in [9.17, 15) is 24.3 Å². The largest absolute Gasteiger partial charge is 0.478 e. The molecule has 0 unspecified atom stereocenters. The second-order valence-electron chi connectivity index (χ2n) is 7.78. The number of carbonyl (C=O) groups is 4. The molecule has 1 aliphatic carbocycles. The maximum atomic E-state index is 12.3. The minimum Gasteiger partial charge on any atom is -0.478 e. The first-order valence-electron chi connectivity index (χ1n) is 10.2. The van der Waals surface area contributed by atoms with E-state index < -0.39 is 42.2 Å². The summed E-state index contributed by atoms with van der Waals surface area (Å²) in [7, 11) is 0. The smallest absolute Gasteiger partial charge is 0.333 e. The standard InChI is InChI=1S/C22H32O8/c1-6-14(4)22(27)30-20-17(28-15(5)23)11-16(21(25)26)12-18(20)29-19(24)10-8-7-9-13(2)3/h6,12-13,17-18,20H,7-11H2,1-5H3,(H,25,26)/b14-6+/t17-,18+,20+/m0/s1. The molecule has 3 atom stereocenters. The number of hydrogen-bond acceptors (Lipinski definition) is 7. The summed E-state index contributed by atoms with van der Waals surface area (Å²) in [5.74, 6) is -2.54. The summed E-state index contributed by atoms with van der Waals surface area (Å²) in [4.78, 5) is 47.6. The number of esters is 3. The van der Waals surface area contributed by atoms with E-state index >= 15 is 0 Å². The van der Waals surface area contributed by atoms with Crippen molar-refractivity contribution in [1.29, 1.82) is 0 Å². The number of carboxylic acids is 1. The Hall–Kier alpha value is -2.64. The molecule has 0 radical (unpaired) electrons. The van der Waals surface area contributed by atoms with Gasteiger partial charge in [-0.3, -0.25) is 9.59 Å². The Morgan fingerprint density at radius 3 is 2.33 bits per heavy atom. The lowest BCUT2D eigenvalue weighted by molar-refractivity contribution is -0.180. The second-order valence-corrected chi connectivity index (χ2v) is 7.78. The third-order valence-electron chi connectivity index (χ3n) is 4.75. The maximum Gasteiger partial charge on any atom is 0.333 e. The molecule has 30 heavy (non-hydrogen) atoms. The van der Waals surface area contributed by atoms with Crippen molar-refractivity contribution in [3.63, 3.8) is 0 Å². The fraction of sp³-hybridized carbons (Fsp3) is 0.636. The third kappa shape index (κ3) is 8.39. The van der Waals surface area contributed by atoms with Gasteiger partial charge in [-0.2, -0.15) is 0 Å². The number of aliphatic carboxylic acids is 1. The van der Waals surface area contributed by atoms with Crippen LogP contribution >= 0.6 is 0 Å². The van der Waals surface area contributed by atoms with Gasteiger partial charge in [-0.25, -0.2) is 9.59 Å². The summed E-state index contributed by atoms with van der Waals surface area (Å²) in [6, 6.07) is 0. The first kappa shape index (κ1) is 25.4. The fourth-order valence-electron chi connectivity index (χ4n) is 3.00. The van der Waals surface area contributed by atoms with Gasteiger partial charge in [0.1, 0.15) is 6.10 Å². The van der Waals surface area contributed by atoms with Gasteiger partial charge in [0.05, 0.1) is 0 Å². The van der Waals surface area contributed by atoms with Gasteiger partial charge in [-0.15, -0.1) is 0 Å². The van der Waals surface area contributed by atoms with Gasteiger partial charge in [0.15, 0.2) is 12.2 Å². The summed E-state index contributed by atoms with van der Waals surface area (Å²) in [5, 5.41) is 9.40. The van der Waals surface area contributed by atoms with Crippen molar-refractivity contribution in [2.45, 2.75) is 85.0 Å². The van der Waals surface area contributed by atoms with Crippen molar-refractivity contribution in [2.24, 2.45) is 5.92 Å². The molecule has 0 fully saturated rings. The number of hydrogen-bond donors (Lipinski definition) is 1. The second kappa shape index (κ2) is 12.1. The van der Waals surface area contributed by atoms with E-state index in [1.165, 1.54) is 13.0 Å². The molecule has 1 N–H and O–H groups in total. The van der Waals surface area contributed by atoms with Crippen molar-refractivity contribution in [1.82, 2.24) is 0 Å². The van der Waals surface area contributed by atoms with Gasteiger partial charge in [0, 0.05) is 30.9 Å². The molecule has 0 aliphatic heterocycles. The Morgan fingerprint density at radius 2 is 1.80 bits per heavy atom. The van der Waals surface area contributed by atoms with E-state index in [2.05, 4.69) is 13.8 Å². The molecule has 0 aromatic heterocycles. The van der Waals surface area contributed by atoms with Gasteiger partial charge in [-0.1, -0.05) is 32.8 Å². The van der Waals surface area contributed by atoms with Crippen LogP contribution in [0.3, 0.4) is 0 Å². The lowest BCUT2D eigenvalue weighted by Crippen LogP contribution is -2.48. The number of carbonyl (C=O) groups excluding carboxylic acids is 3. The van der Waals surface area contributed by atoms with E-state index in [-0.39, 0.29) is 18.4 Å². The third-order valence-corrected chi connectivity index (χ3v) is 4.75. The van der Waals surface area contributed by atoms with Crippen LogP contribution in [0.2, 0.25) is 0 Å². The van der Waals surface area contributed by atoms with Gasteiger partial charge in [0.25, 0.3) is 0 Å². The van der Waals surface area contributed by atoms with Crippen LogP contribution in [-0.4, -0.2) is 47.3 Å². The van der Waals surface area contributed by atoms with Crippen LogP contribution in [0, 0.1) is 5.92 Å². The zero-order valence-corrected chi connectivity index (χ0v) is 18.3. The molecule has 1 aliphatic rings. The van der Waals surface area contributed by atoms with Crippen LogP contribution in [0.5, 0.6) is 0 Å². The van der Waals surface area contributed by atoms with Crippen molar-refractivity contribution in [2.75, 3.05) is 0 Å². The Bertz CT molecular complexity index is 704. The van der Waals surface area contributed by atoms with Gasteiger partial charge < -0.3 is 19.3 Å². The zero-order chi connectivity index (χ0) is 22.8. The molecular weight excluding hydrogens is 392 g/mol. The molecule has 0 spiro atoms. The molecule has 0 amide bonds. The first-order chi connectivity index (χ1) is 14.0. The Morgan fingerprint density at radius 1 is 1.13 bits per heavy atom. The number of allylic oxidation sites excluding steroid dienone is 1. The van der Waals surface area contributed by atoms with Gasteiger partial charge in [-0.05, 0) is 32.3 Å². The summed E-state index contributed by atoms with van der Waals surface area (Å²) in [5.41, 5.74) is 0.247. The molecular formula is C22H32O8. The molecule has 0 aromatic carbocycles. The van der Waals surface area contributed by atoms with E-state index in [1.54, 1.807) is 19.9 Å². The average Bonchev–Trinajstić information content (AvgIpc) is 2.65. The maximum absolute atomic E-state index is 12.3. The quantitative estimate of drug-likeness (QED) is 0.246. The van der Waals surface area contributed by atoms with E-state index in [1.807, 2.05) is 0 Å². The minimum absolute atomic E-state index is 0.0751. The van der Waals surface area contributed by atoms with Crippen LogP contribution in [0.25, 0.3) is 0 Å². The number of ether oxygens (including phenoxy) is 3. The highest BCUT2D eigenvalue weighted by atomic mass is 16.6. The highest BCUT2D eigenvalue weighted by Crippen LogP contribution is 2.28. The predicted octanol–water partition coefficient (Wildman–Crippen LogP) is 3.34. The van der Waals surface area contributed by atoms with Crippen LogP contribution in [0.15, 0.2) is 23.3 Å². The molecule has 0 bridgehead atoms. The van der Waals surface area contributed by atoms with Crippen LogP contribution in [0.4, 0.5) is 0 Å². The highest BCUT2D eigenvalue weighted by Gasteiger charge is 2.42. The van der Waals surface area contributed by atoms with E-state index in [4.69, 9.17) is 14.2 Å². The first-order valence-corrected chi connectivity index (χ1v) is 10.2. The Labute approximate surface area is 177 Å². The molecule has 1 rings (SSSR count). The number of rotatable bonds is 10. The zero-order valence-electron chi connectivity index (χ0n) is 18.3. The number of unbranched alkanes of at least 4 members (excludes halogenated alkanes) is 1. The lowest BCUT2D eigenvalue weighted by atomic mass is 9.91. The van der Waals surface area contributed by atoms with Crippen LogP contribution in [-0.2, 0) is 33.4 Å². The average molecular weight is 424 g/mol. The van der Waals surface area contributed by atoms with Crippen LogP contribution in [0.1, 0.15) is 66.7 Å². The summed E-state index contributed by atoms with van der Waals surface area (Å²) in [6.07, 6.45) is 1.90. The minimum atomic E-state index is -1.22. The van der Waals surface area contributed by atoms with Gasteiger partial charge in [0.2, 0.25) is 0 Å². The van der Waals surface area contributed by atoms with Crippen molar-refractivity contribution in [3.05, 3.63) is 23.3 Å². The van der Waals surface area contributed by atoms with Crippen LogP contribution < -0.4 is 0 Å². The summed E-state index contributed by atoms with van der Waals surface area (Å²) < 4.78 is 16.1. The molecule has 8 heteroatoms. The Balaban J connectivity index is 3.03. The van der Waals surface area contributed by atoms with E-state index in [0.717, 1.165) is 12.8 Å². The Kier molecular flexibility index (Phi) is 10.3. The molecule has 0 saturated carbocycles. The fourth-order valence-corrected chi connectivity index (χ4v) is 3.00. The SMILES string of the molecule is C/C=C(\C)C(=O)O[C@@H]1[C@@H](OC(C)=O)CC(C(=O)O)=C[C@H]1OC(=O)CCCCC(C)C. The molecule has 0 saturated heterocycles. The van der Waals surface area contributed by atoms with Gasteiger partial charge >= 0.3 is 23.9 Å². The normalized spacial score (nSPS) is 21.6. The summed E-state index contributed by atoms with van der Waals surface area (Å²) in [6.45, 7) is 8.59. The van der Waals surface area contributed by atoms with E-state index in [0.29, 0.717) is 17.9 Å². The monoisotopic (exact) mass is 424 g/mol. The van der Waals surface area contributed by atoms with Crippen molar-refractivity contribution in [3.8, 4) is 0 Å². The van der Waals surface area contributed by atoms with Crippen molar-refractivity contribution >= 4 is 23.9 Å². The lowest BCUT2D eigenvalue weighted by Gasteiger charge is -2.34. The molecule has 0 aromatic rings. The molecule has 168 valence electrons.